The van der Waals surface area contributed by atoms with E-state index in [0.29, 0.717) is 0 Å². The minimum Gasteiger partial charge on any atom is -0.453 e. The van der Waals surface area contributed by atoms with Gasteiger partial charge in [0.15, 0.2) is 0 Å². The molecule has 0 radical (unpaired) electrons. The summed E-state index contributed by atoms with van der Waals surface area (Å²) in [5, 5.41) is 2.28. The molecule has 0 aliphatic rings. The van der Waals surface area contributed by atoms with Crippen LogP contribution < -0.4 is 5.32 Å². The van der Waals surface area contributed by atoms with Crippen LogP contribution in [-0.2, 0) is 4.74 Å². The summed E-state index contributed by atoms with van der Waals surface area (Å²) in [4.78, 5) is 10.1. The van der Waals surface area contributed by atoms with Gasteiger partial charge in [0, 0.05) is 0 Å². The Hall–Kier alpha value is -1.17. The highest BCUT2D eigenvalue weighted by atomic mass is 16.5. The predicted octanol–water partition coefficient (Wildman–Crippen LogP) is -0.0244. The molecule has 1 N–H and O–H groups in total. The van der Waals surface area contributed by atoms with Gasteiger partial charge < -0.3 is 10.1 Å². The number of amides is 1. The molecule has 0 unspecified atom stereocenters. The van der Waals surface area contributed by atoms with Gasteiger partial charge in [-0.05, 0) is 0 Å². The zero-order valence-corrected chi connectivity index (χ0v) is 4.60. The van der Waals surface area contributed by atoms with Crippen molar-refractivity contribution in [2.45, 2.75) is 0 Å². The van der Waals surface area contributed by atoms with Gasteiger partial charge in [0.1, 0.15) is 0 Å². The lowest BCUT2D eigenvalue weighted by Crippen LogP contribution is -2.22. The average molecular weight is 113 g/mol. The molecule has 0 aromatic rings. The summed E-state index contributed by atoms with van der Waals surface area (Å²) in [6.07, 6.45) is 4.31. The van der Waals surface area contributed by atoms with Gasteiger partial charge in [-0.25, -0.2) is 4.79 Å². The van der Waals surface area contributed by atoms with Crippen molar-refractivity contribution in [3.63, 3.8) is 0 Å². The van der Waals surface area contributed by atoms with Crippen molar-refractivity contribution in [3.05, 3.63) is 0 Å². The molecule has 0 spiro atoms. The second-order valence-corrected chi connectivity index (χ2v) is 1.05. The summed E-state index contributed by atoms with van der Waals surface area (Å²) < 4.78 is 4.21. The Morgan fingerprint density at radius 3 is 3.00 bits per heavy atom. The van der Waals surface area contributed by atoms with Crippen LogP contribution >= 0.6 is 0 Å². The number of rotatable bonds is 1. The highest BCUT2D eigenvalue weighted by Crippen LogP contribution is 1.66. The lowest BCUT2D eigenvalue weighted by Gasteiger charge is -1.95. The van der Waals surface area contributed by atoms with Crippen LogP contribution in [0.4, 0.5) is 4.79 Å². The van der Waals surface area contributed by atoms with Gasteiger partial charge in [0.25, 0.3) is 0 Å². The first-order valence-electron chi connectivity index (χ1n) is 2.06. The molecular formula is C5H7NO2. The fourth-order valence-corrected chi connectivity index (χ4v) is 0.195. The first-order chi connectivity index (χ1) is 3.81. The maximum Gasteiger partial charge on any atom is 0.407 e. The number of ether oxygens (including phenoxy) is 1. The van der Waals surface area contributed by atoms with E-state index in [1.807, 2.05) is 0 Å². The summed E-state index contributed by atoms with van der Waals surface area (Å²) in [6.45, 7) is 0.215. The molecule has 0 aromatic heterocycles. The first kappa shape index (κ1) is 6.83. The summed E-state index contributed by atoms with van der Waals surface area (Å²) in [5.74, 6) is 2.22. The van der Waals surface area contributed by atoms with E-state index < -0.39 is 6.09 Å². The summed E-state index contributed by atoms with van der Waals surface area (Å²) in [5.41, 5.74) is 0. The smallest absolute Gasteiger partial charge is 0.407 e. The van der Waals surface area contributed by atoms with Crippen LogP contribution in [0.2, 0.25) is 0 Å². The maximum absolute atomic E-state index is 10.1. The normalized spacial score (nSPS) is 7.00. The van der Waals surface area contributed by atoms with Crippen LogP contribution in [-0.4, -0.2) is 19.7 Å². The van der Waals surface area contributed by atoms with Gasteiger partial charge in [0.05, 0.1) is 13.7 Å². The zero-order valence-electron chi connectivity index (χ0n) is 4.60. The number of hydrogen-bond acceptors (Lipinski definition) is 2. The van der Waals surface area contributed by atoms with E-state index >= 15 is 0 Å². The molecule has 0 bridgehead atoms. The Balaban J connectivity index is 3.15. The molecule has 3 heteroatoms. The van der Waals surface area contributed by atoms with E-state index in [4.69, 9.17) is 6.42 Å². The fraction of sp³-hybridized carbons (Fsp3) is 0.400. The number of hydrogen-bond donors (Lipinski definition) is 1. The van der Waals surface area contributed by atoms with Crippen LogP contribution in [0.15, 0.2) is 0 Å². The summed E-state index contributed by atoms with van der Waals surface area (Å²) >= 11 is 0. The second kappa shape index (κ2) is 4.00. The van der Waals surface area contributed by atoms with E-state index in [9.17, 15) is 4.79 Å². The van der Waals surface area contributed by atoms with Crippen LogP contribution in [0, 0.1) is 12.3 Å². The largest absolute Gasteiger partial charge is 0.453 e. The van der Waals surface area contributed by atoms with E-state index in [1.54, 1.807) is 0 Å². The number of nitrogens with one attached hydrogen (secondary N) is 1. The first-order valence-corrected chi connectivity index (χ1v) is 2.06. The van der Waals surface area contributed by atoms with E-state index in [0.717, 1.165) is 0 Å². The van der Waals surface area contributed by atoms with E-state index in [1.165, 1.54) is 7.11 Å². The van der Waals surface area contributed by atoms with Crippen LogP contribution in [0.5, 0.6) is 0 Å². The molecule has 3 nitrogen and oxygen atoms in total. The quantitative estimate of drug-likeness (QED) is 0.485. The Bertz CT molecular complexity index is 114. The lowest BCUT2D eigenvalue weighted by molar-refractivity contribution is 0.172. The van der Waals surface area contributed by atoms with Crippen molar-refractivity contribution in [1.82, 2.24) is 5.32 Å². The minimum absolute atomic E-state index is 0.215. The number of methoxy groups -OCH3 is 1. The van der Waals surface area contributed by atoms with Gasteiger partial charge >= 0.3 is 6.09 Å². The van der Waals surface area contributed by atoms with E-state index in [2.05, 4.69) is 16.0 Å². The van der Waals surface area contributed by atoms with Crippen molar-refractivity contribution >= 4 is 6.09 Å². The number of carbonyl (C=O) groups excluding carboxylic acids is 1. The summed E-state index contributed by atoms with van der Waals surface area (Å²) in [6, 6.07) is 0. The predicted molar refractivity (Wildman–Crippen MR) is 29.2 cm³/mol. The van der Waals surface area contributed by atoms with Crippen LogP contribution in [0.3, 0.4) is 0 Å². The van der Waals surface area contributed by atoms with Gasteiger partial charge in [-0.15, -0.1) is 6.42 Å². The summed E-state index contributed by atoms with van der Waals surface area (Å²) in [7, 11) is 1.28. The standard InChI is InChI=1S/C5H7NO2/c1-3-4-6-5(7)8-2/h1H,4H2,2H3,(H,6,7). The Morgan fingerprint density at radius 1 is 2.00 bits per heavy atom. The monoisotopic (exact) mass is 113 g/mol. The third kappa shape index (κ3) is 3.04. The van der Waals surface area contributed by atoms with Crippen molar-refractivity contribution < 1.29 is 9.53 Å². The molecular weight excluding hydrogens is 106 g/mol. The molecule has 0 rings (SSSR count). The average Bonchev–Trinajstić information content (AvgIpc) is 1.83. The molecule has 1 amide bonds. The lowest BCUT2D eigenvalue weighted by atomic mass is 10.7. The van der Waals surface area contributed by atoms with Crippen LogP contribution in [0.25, 0.3) is 0 Å². The Kier molecular flexibility index (Phi) is 3.42. The molecule has 44 valence electrons. The molecule has 0 aromatic carbocycles. The third-order valence-corrected chi connectivity index (χ3v) is 0.520. The van der Waals surface area contributed by atoms with Gasteiger partial charge in [-0.3, -0.25) is 0 Å². The van der Waals surface area contributed by atoms with Crippen molar-refractivity contribution in [1.29, 1.82) is 0 Å². The second-order valence-electron chi connectivity index (χ2n) is 1.05. The highest BCUT2D eigenvalue weighted by Gasteiger charge is 1.90. The molecule has 0 saturated carbocycles. The van der Waals surface area contributed by atoms with Crippen LogP contribution in [0.1, 0.15) is 0 Å². The Labute approximate surface area is 48.0 Å². The maximum atomic E-state index is 10.1. The highest BCUT2D eigenvalue weighted by molar-refractivity contribution is 5.67. The number of carbonyl (C=O) groups is 1. The fourth-order valence-electron chi connectivity index (χ4n) is 0.195. The molecule has 0 atom stereocenters. The van der Waals surface area contributed by atoms with Gasteiger partial charge in [0.2, 0.25) is 0 Å². The number of terminal acetylenes is 1. The van der Waals surface area contributed by atoms with Gasteiger partial charge in [-0.2, -0.15) is 0 Å². The molecule has 0 fully saturated rings. The van der Waals surface area contributed by atoms with E-state index in [-0.39, 0.29) is 6.54 Å². The van der Waals surface area contributed by atoms with Crippen molar-refractivity contribution in [3.8, 4) is 12.3 Å². The molecule has 0 aliphatic heterocycles. The minimum atomic E-state index is -0.497. The Morgan fingerprint density at radius 2 is 2.62 bits per heavy atom. The SMILES string of the molecule is C#CCNC(=O)OC. The third-order valence-electron chi connectivity index (χ3n) is 0.520. The number of alkyl carbamates (subject to hydrolysis) is 1. The van der Waals surface area contributed by atoms with Crippen molar-refractivity contribution in [2.24, 2.45) is 0 Å². The topological polar surface area (TPSA) is 38.3 Å². The molecule has 0 heterocycles. The molecule has 0 saturated heterocycles. The molecule has 8 heavy (non-hydrogen) atoms. The van der Waals surface area contributed by atoms with Gasteiger partial charge in [-0.1, -0.05) is 5.92 Å². The van der Waals surface area contributed by atoms with Crippen molar-refractivity contribution in [2.75, 3.05) is 13.7 Å². The zero-order chi connectivity index (χ0) is 6.41. The molecule has 0 aliphatic carbocycles.